The molecule has 14 heavy (non-hydrogen) atoms. The smallest absolute Gasteiger partial charge is 0.0183 e. The maximum Gasteiger partial charge on any atom is 0.0183 e. The van der Waals surface area contributed by atoms with Crippen LogP contribution in [-0.2, 0) is 0 Å². The van der Waals surface area contributed by atoms with Crippen molar-refractivity contribution in [1.82, 2.24) is 5.32 Å². The van der Waals surface area contributed by atoms with E-state index < -0.39 is 0 Å². The number of benzene rings is 1. The van der Waals surface area contributed by atoms with Gasteiger partial charge >= 0.3 is 0 Å². The highest BCUT2D eigenvalue weighted by atomic mass is 79.9. The Labute approximate surface area is 93.3 Å². The number of halogens is 1. The lowest BCUT2D eigenvalue weighted by molar-refractivity contribution is 0.674. The van der Waals surface area contributed by atoms with Crippen LogP contribution in [0.25, 0.3) is 6.08 Å². The van der Waals surface area contributed by atoms with Gasteiger partial charge in [0.1, 0.15) is 0 Å². The van der Waals surface area contributed by atoms with Gasteiger partial charge in [0.15, 0.2) is 0 Å². The summed E-state index contributed by atoms with van der Waals surface area (Å²) >= 11 is 3.51. The Hall–Kier alpha value is -0.600. The second-order valence-corrected chi connectivity index (χ2v) is 4.78. The van der Waals surface area contributed by atoms with Crippen LogP contribution in [0.1, 0.15) is 16.7 Å². The molecule has 1 heterocycles. The van der Waals surface area contributed by atoms with E-state index in [2.05, 4.69) is 53.3 Å². The zero-order valence-electron chi connectivity index (χ0n) is 8.52. The van der Waals surface area contributed by atoms with Crippen molar-refractivity contribution in [2.24, 2.45) is 0 Å². The lowest BCUT2D eigenvalue weighted by Crippen LogP contribution is -2.33. The molecule has 1 aliphatic rings. The third kappa shape index (κ3) is 1.91. The van der Waals surface area contributed by atoms with E-state index in [9.17, 15) is 0 Å². The normalized spacial score (nSPS) is 15.2. The molecule has 0 saturated carbocycles. The van der Waals surface area contributed by atoms with Crippen molar-refractivity contribution >= 4 is 22.0 Å². The van der Waals surface area contributed by atoms with E-state index in [-0.39, 0.29) is 0 Å². The molecule has 0 spiro atoms. The Morgan fingerprint density at radius 2 is 1.79 bits per heavy atom. The van der Waals surface area contributed by atoms with E-state index >= 15 is 0 Å². The van der Waals surface area contributed by atoms with Gasteiger partial charge < -0.3 is 5.32 Å². The van der Waals surface area contributed by atoms with Gasteiger partial charge in [-0.2, -0.15) is 0 Å². The van der Waals surface area contributed by atoms with Crippen molar-refractivity contribution in [3.05, 3.63) is 38.9 Å². The molecule has 0 radical (unpaired) electrons. The Kier molecular flexibility index (Phi) is 2.75. The molecule has 1 N–H and O–H groups in total. The molecule has 1 aromatic rings. The van der Waals surface area contributed by atoms with Gasteiger partial charge in [-0.1, -0.05) is 22.0 Å². The summed E-state index contributed by atoms with van der Waals surface area (Å²) in [4.78, 5) is 0. The van der Waals surface area contributed by atoms with Crippen LogP contribution in [0, 0.1) is 13.8 Å². The Bertz CT molecular complexity index is 364. The van der Waals surface area contributed by atoms with Gasteiger partial charge in [0.25, 0.3) is 0 Å². The highest BCUT2D eigenvalue weighted by Gasteiger charge is 2.09. The van der Waals surface area contributed by atoms with E-state index in [0.29, 0.717) is 0 Å². The molecule has 2 rings (SSSR count). The Morgan fingerprint density at radius 1 is 1.21 bits per heavy atom. The van der Waals surface area contributed by atoms with Crippen LogP contribution in [0.3, 0.4) is 0 Å². The standard InChI is InChI=1S/C12H14BrN/c1-8-3-11(13)4-9(2)12(8)5-10-6-14-7-10/h3-5,14H,6-7H2,1-2H3. The third-order valence-corrected chi connectivity index (χ3v) is 3.07. The van der Waals surface area contributed by atoms with Crippen molar-refractivity contribution in [1.29, 1.82) is 0 Å². The van der Waals surface area contributed by atoms with Gasteiger partial charge in [-0.25, -0.2) is 0 Å². The fourth-order valence-corrected chi connectivity index (χ4v) is 2.41. The monoisotopic (exact) mass is 251 g/mol. The first kappa shape index (κ1) is 9.94. The molecular weight excluding hydrogens is 238 g/mol. The number of hydrogen-bond acceptors (Lipinski definition) is 1. The zero-order chi connectivity index (χ0) is 10.1. The molecule has 0 atom stereocenters. The van der Waals surface area contributed by atoms with Gasteiger partial charge in [0, 0.05) is 17.6 Å². The van der Waals surface area contributed by atoms with Gasteiger partial charge in [-0.3, -0.25) is 0 Å². The van der Waals surface area contributed by atoms with E-state index in [1.807, 2.05) is 0 Å². The minimum absolute atomic E-state index is 1.05. The van der Waals surface area contributed by atoms with Crippen LogP contribution in [0.2, 0.25) is 0 Å². The Balaban J connectivity index is 2.41. The predicted octanol–water partition coefficient (Wildman–Crippen LogP) is 3.05. The summed E-state index contributed by atoms with van der Waals surface area (Å²) in [5.41, 5.74) is 5.57. The predicted molar refractivity (Wildman–Crippen MR) is 64.5 cm³/mol. The molecule has 0 unspecified atom stereocenters. The Morgan fingerprint density at radius 3 is 2.21 bits per heavy atom. The first-order valence-corrected chi connectivity index (χ1v) is 5.63. The average Bonchev–Trinajstić information content (AvgIpc) is 1.98. The SMILES string of the molecule is Cc1cc(Br)cc(C)c1C=C1CNC1. The van der Waals surface area contributed by atoms with E-state index in [0.717, 1.165) is 13.1 Å². The quantitative estimate of drug-likeness (QED) is 0.810. The van der Waals surface area contributed by atoms with Crippen LogP contribution in [-0.4, -0.2) is 13.1 Å². The van der Waals surface area contributed by atoms with Gasteiger partial charge in [-0.15, -0.1) is 0 Å². The van der Waals surface area contributed by atoms with Crippen molar-refractivity contribution in [3.63, 3.8) is 0 Å². The number of nitrogens with one attached hydrogen (secondary N) is 1. The molecule has 2 heteroatoms. The van der Waals surface area contributed by atoms with Crippen molar-refractivity contribution in [2.75, 3.05) is 13.1 Å². The van der Waals surface area contributed by atoms with Crippen LogP contribution >= 0.6 is 15.9 Å². The summed E-state index contributed by atoms with van der Waals surface area (Å²) in [5, 5.41) is 3.25. The highest BCUT2D eigenvalue weighted by Crippen LogP contribution is 2.23. The average molecular weight is 252 g/mol. The summed E-state index contributed by atoms with van der Waals surface area (Å²) < 4.78 is 1.17. The number of hydrogen-bond donors (Lipinski definition) is 1. The second kappa shape index (κ2) is 3.87. The fourth-order valence-electron chi connectivity index (χ4n) is 1.73. The van der Waals surface area contributed by atoms with Crippen LogP contribution in [0.15, 0.2) is 22.2 Å². The number of rotatable bonds is 1. The second-order valence-electron chi connectivity index (χ2n) is 3.86. The largest absolute Gasteiger partial charge is 0.309 e. The van der Waals surface area contributed by atoms with Crippen LogP contribution in [0.4, 0.5) is 0 Å². The van der Waals surface area contributed by atoms with E-state index in [1.54, 1.807) is 0 Å². The van der Waals surface area contributed by atoms with Gasteiger partial charge in [0.05, 0.1) is 0 Å². The van der Waals surface area contributed by atoms with Crippen LogP contribution < -0.4 is 5.32 Å². The molecule has 0 amide bonds. The lowest BCUT2D eigenvalue weighted by atomic mass is 9.99. The molecule has 74 valence electrons. The third-order valence-electron chi connectivity index (χ3n) is 2.61. The summed E-state index contributed by atoms with van der Waals surface area (Å²) in [7, 11) is 0. The molecule has 1 saturated heterocycles. The maximum absolute atomic E-state index is 3.51. The summed E-state index contributed by atoms with van der Waals surface area (Å²) in [6, 6.07) is 4.34. The zero-order valence-corrected chi connectivity index (χ0v) is 10.1. The molecule has 1 aliphatic heterocycles. The van der Waals surface area contributed by atoms with Crippen molar-refractivity contribution in [3.8, 4) is 0 Å². The molecule has 0 aromatic heterocycles. The summed E-state index contributed by atoms with van der Waals surface area (Å²) in [6.07, 6.45) is 2.31. The van der Waals surface area contributed by atoms with Crippen LogP contribution in [0.5, 0.6) is 0 Å². The molecule has 1 nitrogen and oxygen atoms in total. The topological polar surface area (TPSA) is 12.0 Å². The lowest BCUT2D eigenvalue weighted by Gasteiger charge is -2.19. The van der Waals surface area contributed by atoms with Crippen molar-refractivity contribution in [2.45, 2.75) is 13.8 Å². The summed E-state index contributed by atoms with van der Waals surface area (Å²) in [6.45, 7) is 6.43. The molecule has 0 bridgehead atoms. The summed E-state index contributed by atoms with van der Waals surface area (Å²) in [5.74, 6) is 0. The minimum atomic E-state index is 1.05. The molecule has 1 aromatic carbocycles. The fraction of sp³-hybridized carbons (Fsp3) is 0.333. The van der Waals surface area contributed by atoms with E-state index in [1.165, 1.54) is 26.7 Å². The van der Waals surface area contributed by atoms with Gasteiger partial charge in [-0.05, 0) is 48.2 Å². The molecular formula is C12H14BrN. The molecule has 0 aliphatic carbocycles. The van der Waals surface area contributed by atoms with Crippen molar-refractivity contribution < 1.29 is 0 Å². The first-order chi connectivity index (χ1) is 6.66. The molecule has 1 fully saturated rings. The highest BCUT2D eigenvalue weighted by molar-refractivity contribution is 9.10. The maximum atomic E-state index is 3.51. The minimum Gasteiger partial charge on any atom is -0.309 e. The number of aryl methyl sites for hydroxylation is 2. The van der Waals surface area contributed by atoms with E-state index in [4.69, 9.17) is 0 Å². The first-order valence-electron chi connectivity index (χ1n) is 4.84. The van der Waals surface area contributed by atoms with Gasteiger partial charge in [0.2, 0.25) is 0 Å².